The lowest BCUT2D eigenvalue weighted by Crippen LogP contribution is -2.20. The normalized spacial score (nSPS) is 11.8. The van der Waals surface area contributed by atoms with E-state index < -0.39 is 11.7 Å². The van der Waals surface area contributed by atoms with E-state index in [1.54, 1.807) is 24.5 Å². The molecule has 0 bridgehead atoms. The van der Waals surface area contributed by atoms with Crippen LogP contribution >= 0.6 is 0 Å². The quantitative estimate of drug-likeness (QED) is 0.163. The van der Waals surface area contributed by atoms with Crippen molar-refractivity contribution in [3.05, 3.63) is 66.1 Å². The molecule has 4 N–H and O–H groups in total. The second-order valence-corrected chi connectivity index (χ2v) is 8.50. The number of benzene rings is 1. The molecule has 0 saturated carbocycles. The van der Waals surface area contributed by atoms with E-state index >= 15 is 0 Å². The van der Waals surface area contributed by atoms with Crippen LogP contribution in [0, 0.1) is 5.82 Å². The van der Waals surface area contributed by atoms with Crippen molar-refractivity contribution >= 4 is 28.6 Å². The summed E-state index contributed by atoms with van der Waals surface area (Å²) < 4.78 is 19.7. The van der Waals surface area contributed by atoms with Gasteiger partial charge in [0.15, 0.2) is 5.82 Å². The van der Waals surface area contributed by atoms with E-state index in [0.717, 1.165) is 17.3 Å². The Labute approximate surface area is 219 Å². The Morgan fingerprint density at radius 1 is 1.05 bits per heavy atom. The molecule has 12 heteroatoms. The number of anilines is 2. The number of hydrogen-bond acceptors (Lipinski definition) is 10. The zero-order chi connectivity index (χ0) is 26.9. The Kier molecular flexibility index (Phi) is 9.01. The summed E-state index contributed by atoms with van der Waals surface area (Å²) in [7, 11) is 3.29. The fourth-order valence-electron chi connectivity index (χ4n) is 3.92. The zero-order valence-electron chi connectivity index (χ0n) is 21.5. The van der Waals surface area contributed by atoms with Crippen LogP contribution in [0.1, 0.15) is 28.8 Å². The van der Waals surface area contributed by atoms with E-state index in [1.165, 1.54) is 13.4 Å². The maximum Gasteiger partial charge on any atom is 0.254 e. The number of ether oxygens (including phenoxy) is 1. The standard InChI is InChI=1S/C26H30FN9O2/c1-16(18-5-4-6-19-23(25(37)29-3)20(27)13-32-24(18)19)10-31-22-9-21(35-14-36-22)17-11-33-26(34-12-17)30-7-8-38-15-28-2/h4-6,9,11-14,16,28H,7-8,10,15H2,1-3H3,(H,29,37)(H,30,33,34)(H,31,35,36)/t16-/m1/s1. The molecule has 4 aromatic rings. The van der Waals surface area contributed by atoms with E-state index in [0.29, 0.717) is 54.8 Å². The van der Waals surface area contributed by atoms with Crippen molar-refractivity contribution < 1.29 is 13.9 Å². The number of hydrogen-bond donors (Lipinski definition) is 4. The molecule has 0 aliphatic rings. The van der Waals surface area contributed by atoms with Crippen LogP contribution in [0.5, 0.6) is 0 Å². The monoisotopic (exact) mass is 519 g/mol. The van der Waals surface area contributed by atoms with Crippen molar-refractivity contribution in [3.63, 3.8) is 0 Å². The van der Waals surface area contributed by atoms with Gasteiger partial charge in [0.1, 0.15) is 12.1 Å². The van der Waals surface area contributed by atoms with Gasteiger partial charge in [0, 0.05) is 55.5 Å². The highest BCUT2D eigenvalue weighted by atomic mass is 19.1. The molecule has 3 aromatic heterocycles. The molecule has 0 spiro atoms. The molecule has 0 fully saturated rings. The molecule has 11 nitrogen and oxygen atoms in total. The summed E-state index contributed by atoms with van der Waals surface area (Å²) in [5, 5.41) is 12.3. The number of halogens is 1. The molecular weight excluding hydrogens is 489 g/mol. The SMILES string of the molecule is CNCOCCNc1ncc(-c2cc(NC[C@@H](C)c3cccc4c(C(=O)NC)c(F)cnc34)ncn2)cn1. The van der Waals surface area contributed by atoms with Crippen molar-refractivity contribution in [3.8, 4) is 11.3 Å². The summed E-state index contributed by atoms with van der Waals surface area (Å²) >= 11 is 0. The van der Waals surface area contributed by atoms with E-state index in [-0.39, 0.29) is 11.5 Å². The third-order valence-electron chi connectivity index (χ3n) is 5.85. The molecule has 198 valence electrons. The Bertz CT molecular complexity index is 1390. The minimum absolute atomic E-state index is 0.00878. The first-order chi connectivity index (χ1) is 18.5. The summed E-state index contributed by atoms with van der Waals surface area (Å²) in [6.45, 7) is 4.17. The van der Waals surface area contributed by atoms with Crippen LogP contribution in [0.15, 0.2) is 49.2 Å². The molecule has 1 atom stereocenters. The number of amides is 1. The average molecular weight is 520 g/mol. The number of pyridine rings is 1. The minimum Gasteiger partial charge on any atom is -0.369 e. The molecule has 1 amide bonds. The number of carbonyl (C=O) groups excluding carboxylic acids is 1. The van der Waals surface area contributed by atoms with E-state index in [1.807, 2.05) is 26.1 Å². The van der Waals surface area contributed by atoms with Gasteiger partial charge in [0.2, 0.25) is 5.95 Å². The minimum atomic E-state index is -0.653. The van der Waals surface area contributed by atoms with Crippen LogP contribution in [0.3, 0.4) is 0 Å². The summed E-state index contributed by atoms with van der Waals surface area (Å²) in [5.74, 6) is -0.0158. The molecule has 0 aliphatic carbocycles. The predicted molar refractivity (Wildman–Crippen MR) is 143 cm³/mol. The molecule has 4 rings (SSSR count). The van der Waals surface area contributed by atoms with E-state index in [4.69, 9.17) is 4.74 Å². The van der Waals surface area contributed by atoms with Gasteiger partial charge in [-0.05, 0) is 12.6 Å². The van der Waals surface area contributed by atoms with Crippen molar-refractivity contribution in [2.75, 3.05) is 51.2 Å². The lowest BCUT2D eigenvalue weighted by molar-refractivity contribution is 0.0960. The summed E-state index contributed by atoms with van der Waals surface area (Å²) in [6.07, 6.45) is 5.96. The first-order valence-electron chi connectivity index (χ1n) is 12.2. The highest BCUT2D eigenvalue weighted by Crippen LogP contribution is 2.28. The van der Waals surface area contributed by atoms with Gasteiger partial charge in [-0.2, -0.15) is 0 Å². The van der Waals surface area contributed by atoms with Crippen molar-refractivity contribution in [1.29, 1.82) is 0 Å². The first-order valence-corrected chi connectivity index (χ1v) is 12.2. The number of carbonyl (C=O) groups is 1. The van der Waals surface area contributed by atoms with Gasteiger partial charge in [-0.15, -0.1) is 0 Å². The fourth-order valence-corrected chi connectivity index (χ4v) is 3.92. The second kappa shape index (κ2) is 12.8. The van der Waals surface area contributed by atoms with Crippen LogP contribution < -0.4 is 21.3 Å². The van der Waals surface area contributed by atoms with Gasteiger partial charge in [0.25, 0.3) is 5.91 Å². The lowest BCUT2D eigenvalue weighted by Gasteiger charge is -2.17. The predicted octanol–water partition coefficient (Wildman–Crippen LogP) is 2.80. The smallest absolute Gasteiger partial charge is 0.254 e. The van der Waals surface area contributed by atoms with E-state index in [9.17, 15) is 9.18 Å². The third kappa shape index (κ3) is 6.33. The van der Waals surface area contributed by atoms with Crippen molar-refractivity contribution in [2.24, 2.45) is 0 Å². The average Bonchev–Trinajstić information content (AvgIpc) is 2.95. The number of fused-ring (bicyclic) bond motifs is 1. The van der Waals surface area contributed by atoms with Gasteiger partial charge in [-0.3, -0.25) is 15.1 Å². The molecule has 3 heterocycles. The fraction of sp³-hybridized carbons (Fsp3) is 0.308. The second-order valence-electron chi connectivity index (χ2n) is 8.50. The van der Waals surface area contributed by atoms with Crippen LogP contribution in [-0.2, 0) is 4.74 Å². The molecular formula is C26H30FN9O2. The maximum atomic E-state index is 14.4. The molecule has 0 aliphatic heterocycles. The Morgan fingerprint density at radius 2 is 1.87 bits per heavy atom. The number of nitrogens with one attached hydrogen (secondary N) is 4. The molecule has 0 radical (unpaired) electrons. The maximum absolute atomic E-state index is 14.4. The largest absolute Gasteiger partial charge is 0.369 e. The topological polar surface area (TPSA) is 139 Å². The van der Waals surface area contributed by atoms with Gasteiger partial charge in [-0.1, -0.05) is 25.1 Å². The summed E-state index contributed by atoms with van der Waals surface area (Å²) in [5.41, 5.74) is 2.90. The molecule has 38 heavy (non-hydrogen) atoms. The van der Waals surface area contributed by atoms with Gasteiger partial charge < -0.3 is 20.7 Å². The van der Waals surface area contributed by atoms with Gasteiger partial charge >= 0.3 is 0 Å². The Morgan fingerprint density at radius 3 is 2.63 bits per heavy atom. The highest BCUT2D eigenvalue weighted by molar-refractivity contribution is 6.06. The molecule has 1 aromatic carbocycles. The number of para-hydroxylation sites is 1. The molecule has 0 unspecified atom stereocenters. The third-order valence-corrected chi connectivity index (χ3v) is 5.85. The van der Waals surface area contributed by atoms with Crippen LogP contribution in [0.2, 0.25) is 0 Å². The van der Waals surface area contributed by atoms with Crippen molar-refractivity contribution in [1.82, 2.24) is 35.6 Å². The van der Waals surface area contributed by atoms with Crippen LogP contribution in [0.25, 0.3) is 22.2 Å². The Balaban J connectivity index is 1.43. The van der Waals surface area contributed by atoms with E-state index in [2.05, 4.69) is 46.2 Å². The number of nitrogens with zero attached hydrogens (tertiary/aromatic N) is 5. The van der Waals surface area contributed by atoms with Gasteiger partial charge in [-0.25, -0.2) is 24.3 Å². The Hall–Kier alpha value is -4.29. The molecule has 0 saturated heterocycles. The highest BCUT2D eigenvalue weighted by Gasteiger charge is 2.19. The lowest BCUT2D eigenvalue weighted by atomic mass is 9.96. The summed E-state index contributed by atoms with van der Waals surface area (Å²) in [4.78, 5) is 33.9. The van der Waals surface area contributed by atoms with Crippen LogP contribution in [0.4, 0.5) is 16.2 Å². The first kappa shape index (κ1) is 26.8. The van der Waals surface area contributed by atoms with Crippen molar-refractivity contribution in [2.45, 2.75) is 12.8 Å². The summed E-state index contributed by atoms with van der Waals surface area (Å²) in [6, 6.07) is 7.26. The van der Waals surface area contributed by atoms with Gasteiger partial charge in [0.05, 0.1) is 36.3 Å². The van der Waals surface area contributed by atoms with Crippen LogP contribution in [-0.4, -0.2) is 71.3 Å². The number of aromatic nitrogens is 5. The zero-order valence-corrected chi connectivity index (χ0v) is 21.5. The number of rotatable bonds is 12.